The fraction of sp³-hybridized carbons (Fsp3) is 0. The van der Waals surface area contributed by atoms with Gasteiger partial charge in [0.25, 0.3) is 0 Å². The molecule has 18 heavy (non-hydrogen) atoms. The van der Waals surface area contributed by atoms with Gasteiger partial charge in [0.05, 0.1) is 0 Å². The van der Waals surface area contributed by atoms with Crippen LogP contribution >= 0.6 is 0 Å². The molecule has 0 bridgehead atoms. The minimum atomic E-state index is -0.579. The van der Waals surface area contributed by atoms with Crippen LogP contribution in [0.2, 0.25) is 0 Å². The molecule has 0 aliphatic carbocycles. The number of hydrogen-bond acceptors (Lipinski definition) is 5. The summed E-state index contributed by atoms with van der Waals surface area (Å²) in [4.78, 5) is 19.8. The third-order valence-electron chi connectivity index (χ3n) is 1.59. The number of cyclic esters (lactones) is 2. The third-order valence-corrected chi connectivity index (χ3v) is 1.59. The number of benzene rings is 1. The Kier molecular flexibility index (Phi) is 14.5. The Morgan fingerprint density at radius 2 is 1.39 bits per heavy atom. The molecule has 1 aliphatic rings. The van der Waals surface area contributed by atoms with Gasteiger partial charge in [-0.05, 0) is 5.56 Å². The first-order valence-electron chi connectivity index (χ1n) is 4.33. The Labute approximate surface area is 121 Å². The van der Waals surface area contributed by atoms with Crippen LogP contribution in [0, 0.1) is 0 Å². The molecule has 0 spiro atoms. The predicted molar refractivity (Wildman–Crippen MR) is 66.4 cm³/mol. The van der Waals surface area contributed by atoms with Crippen LogP contribution in [0.25, 0.3) is 6.08 Å². The van der Waals surface area contributed by atoms with E-state index in [9.17, 15) is 9.59 Å². The summed E-state index contributed by atoms with van der Waals surface area (Å²) in [7, 11) is 0. The number of rotatable bonds is 1. The summed E-state index contributed by atoms with van der Waals surface area (Å²) in [6.45, 7) is 3.63. The van der Waals surface area contributed by atoms with Gasteiger partial charge in [-0.15, -0.1) is 0 Å². The predicted octanol–water partition coefficient (Wildman–Crippen LogP) is 1.22. The second-order valence-corrected chi connectivity index (χ2v) is 2.69. The van der Waals surface area contributed by atoms with Crippen LogP contribution < -0.4 is 0 Å². The van der Waals surface area contributed by atoms with E-state index < -0.39 is 11.9 Å². The Bertz CT molecular complexity index is 384. The molecule has 1 aromatic carbocycles. The molecule has 0 radical (unpaired) electrons. The zero-order valence-electron chi connectivity index (χ0n) is 9.65. The van der Waals surface area contributed by atoms with E-state index in [0.717, 1.165) is 12.2 Å². The summed E-state index contributed by atoms with van der Waals surface area (Å²) in [6, 6.07) is 10.0. The standard InChI is InChI=1S/C8H8.C4H2O3.Mg.2H2O/c1-2-8-6-4-3-5-7-8;5-3-1-2-4(6)7-3;;;/h2-7H,1H2;1-2H;;2*1H2/q;;+2;;/p-2. The normalized spacial score (nSPS) is 10.7. The van der Waals surface area contributed by atoms with Gasteiger partial charge in [0.15, 0.2) is 0 Å². The summed E-state index contributed by atoms with van der Waals surface area (Å²) >= 11 is 0. The van der Waals surface area contributed by atoms with Crippen LogP contribution in [0.4, 0.5) is 0 Å². The van der Waals surface area contributed by atoms with Crippen LogP contribution in [0.3, 0.4) is 0 Å². The smallest absolute Gasteiger partial charge is 0.870 e. The molecule has 0 amide bonds. The van der Waals surface area contributed by atoms with Gasteiger partial charge in [0, 0.05) is 12.2 Å². The fourth-order valence-electron chi connectivity index (χ4n) is 0.892. The molecule has 92 valence electrons. The number of carbonyl (C=O) groups is 2. The molecular weight excluding hydrogens is 248 g/mol. The SMILES string of the molecule is C=Cc1ccccc1.O=C1C=CC(=O)O1.[Mg+2].[OH-].[OH-]. The third kappa shape index (κ3) is 8.65. The van der Waals surface area contributed by atoms with Gasteiger partial charge >= 0.3 is 35.0 Å². The minimum absolute atomic E-state index is 0. The summed E-state index contributed by atoms with van der Waals surface area (Å²) in [5.74, 6) is -1.16. The average molecular weight is 261 g/mol. The van der Waals surface area contributed by atoms with E-state index in [-0.39, 0.29) is 34.0 Å². The number of hydrogen-bond donors (Lipinski definition) is 0. The van der Waals surface area contributed by atoms with E-state index in [1.807, 2.05) is 36.4 Å². The van der Waals surface area contributed by atoms with Crippen LogP contribution in [-0.2, 0) is 14.3 Å². The van der Waals surface area contributed by atoms with Crippen molar-refractivity contribution in [1.82, 2.24) is 0 Å². The molecule has 1 aromatic rings. The minimum Gasteiger partial charge on any atom is -0.870 e. The van der Waals surface area contributed by atoms with Crippen molar-refractivity contribution in [2.24, 2.45) is 0 Å². The maximum atomic E-state index is 9.92. The molecule has 0 aromatic heterocycles. The van der Waals surface area contributed by atoms with Crippen LogP contribution in [0.5, 0.6) is 0 Å². The van der Waals surface area contributed by atoms with Crippen molar-refractivity contribution in [2.45, 2.75) is 0 Å². The number of ether oxygens (including phenoxy) is 1. The number of esters is 2. The van der Waals surface area contributed by atoms with Crippen molar-refractivity contribution in [3.63, 3.8) is 0 Å². The summed E-state index contributed by atoms with van der Waals surface area (Å²) in [5.41, 5.74) is 1.17. The van der Waals surface area contributed by atoms with E-state index in [2.05, 4.69) is 11.3 Å². The molecule has 0 fully saturated rings. The first-order valence-corrected chi connectivity index (χ1v) is 4.33. The Morgan fingerprint density at radius 3 is 1.61 bits per heavy atom. The summed E-state index contributed by atoms with van der Waals surface area (Å²) < 4.78 is 3.97. The molecule has 1 heterocycles. The van der Waals surface area contributed by atoms with Crippen molar-refractivity contribution in [3.05, 3.63) is 54.6 Å². The first kappa shape index (κ1) is 21.8. The molecule has 2 rings (SSSR count). The second kappa shape index (κ2) is 12.0. The Morgan fingerprint density at radius 1 is 0.944 bits per heavy atom. The molecule has 6 heteroatoms. The van der Waals surface area contributed by atoms with E-state index in [4.69, 9.17) is 0 Å². The molecule has 0 atom stereocenters. The Hall–Kier alpha value is -1.47. The summed E-state index contributed by atoms with van der Waals surface area (Å²) in [6.07, 6.45) is 4.00. The van der Waals surface area contributed by atoms with Crippen LogP contribution in [0.15, 0.2) is 49.1 Å². The molecule has 0 unspecified atom stereocenters. The van der Waals surface area contributed by atoms with Crippen molar-refractivity contribution in [1.29, 1.82) is 0 Å². The van der Waals surface area contributed by atoms with Crippen LogP contribution in [-0.4, -0.2) is 45.9 Å². The van der Waals surface area contributed by atoms with Crippen LogP contribution in [0.1, 0.15) is 5.56 Å². The number of carbonyl (C=O) groups excluding carboxylic acids is 2. The van der Waals surface area contributed by atoms with Gasteiger partial charge in [-0.25, -0.2) is 9.59 Å². The van der Waals surface area contributed by atoms with Gasteiger partial charge in [-0.1, -0.05) is 43.0 Å². The molecule has 0 saturated carbocycles. The average Bonchev–Trinajstić information content (AvgIpc) is 2.65. The molecule has 1 aliphatic heterocycles. The quantitative estimate of drug-likeness (QED) is 0.429. The van der Waals surface area contributed by atoms with E-state index in [1.165, 1.54) is 5.56 Å². The fourth-order valence-corrected chi connectivity index (χ4v) is 0.892. The van der Waals surface area contributed by atoms with Crippen molar-refractivity contribution in [3.8, 4) is 0 Å². The zero-order chi connectivity index (χ0) is 11.1. The van der Waals surface area contributed by atoms with Gasteiger partial charge in [-0.2, -0.15) is 0 Å². The maximum Gasteiger partial charge on any atom is 2.00 e. The molecule has 5 nitrogen and oxygen atoms in total. The van der Waals surface area contributed by atoms with Gasteiger partial charge < -0.3 is 15.7 Å². The van der Waals surface area contributed by atoms with Gasteiger partial charge in [0.2, 0.25) is 0 Å². The topological polar surface area (TPSA) is 103 Å². The van der Waals surface area contributed by atoms with E-state index in [0.29, 0.717) is 0 Å². The largest absolute Gasteiger partial charge is 2.00 e. The van der Waals surface area contributed by atoms with Gasteiger partial charge in [0.1, 0.15) is 0 Å². The first-order chi connectivity index (χ1) is 7.22. The van der Waals surface area contributed by atoms with Crippen molar-refractivity contribution in [2.75, 3.05) is 0 Å². The summed E-state index contributed by atoms with van der Waals surface area (Å²) in [5, 5.41) is 0. The second-order valence-electron chi connectivity index (χ2n) is 2.69. The van der Waals surface area contributed by atoms with E-state index in [1.54, 1.807) is 0 Å². The van der Waals surface area contributed by atoms with Crippen molar-refractivity contribution < 1.29 is 25.3 Å². The van der Waals surface area contributed by atoms with Gasteiger partial charge in [-0.3, -0.25) is 0 Å². The molecule has 2 N–H and O–H groups in total. The molecular formula is C12H12MgO5. The Balaban J connectivity index is -0.000000215. The van der Waals surface area contributed by atoms with Crippen molar-refractivity contribution >= 4 is 41.1 Å². The zero-order valence-corrected chi connectivity index (χ0v) is 11.1. The maximum absolute atomic E-state index is 9.92. The molecule has 0 saturated heterocycles. The van der Waals surface area contributed by atoms with E-state index >= 15 is 0 Å². The monoisotopic (exact) mass is 260 g/mol.